The number of likely N-dealkylation sites (tertiary alicyclic amines) is 1. The maximum absolute atomic E-state index is 12.4. The van der Waals surface area contributed by atoms with Crippen LogP contribution in [0.3, 0.4) is 0 Å². The van der Waals surface area contributed by atoms with Crippen LogP contribution in [-0.4, -0.2) is 34.5 Å². The van der Waals surface area contributed by atoms with Crippen LogP contribution >= 0.6 is 11.6 Å². The zero-order valence-electron chi connectivity index (χ0n) is 10.7. The number of carbonyl (C=O) groups is 2. The minimum absolute atomic E-state index is 0.0255. The Morgan fingerprint density at radius 2 is 1.95 bits per heavy atom. The van der Waals surface area contributed by atoms with E-state index in [1.165, 1.54) is 4.90 Å². The number of carboxylic acid groups (broad SMARTS) is 1. The maximum atomic E-state index is 12.4. The summed E-state index contributed by atoms with van der Waals surface area (Å²) in [6.07, 6.45) is 1.67. The molecule has 0 aliphatic carbocycles. The molecule has 2 atom stereocenters. The minimum Gasteiger partial charge on any atom is -0.480 e. The van der Waals surface area contributed by atoms with Crippen LogP contribution in [0.4, 0.5) is 0 Å². The van der Waals surface area contributed by atoms with Crippen molar-refractivity contribution in [2.24, 2.45) is 5.92 Å². The minimum atomic E-state index is -0.936. The predicted molar refractivity (Wildman–Crippen MR) is 72.3 cm³/mol. The van der Waals surface area contributed by atoms with Gasteiger partial charge in [-0.2, -0.15) is 0 Å². The van der Waals surface area contributed by atoms with E-state index in [0.717, 1.165) is 12.8 Å². The molecular weight excluding hydrogens is 266 g/mol. The number of carbonyl (C=O) groups excluding carboxylic acids is 1. The Bertz CT molecular complexity index is 486. The largest absolute Gasteiger partial charge is 0.480 e. The normalized spacial score (nSPS) is 23.2. The summed E-state index contributed by atoms with van der Waals surface area (Å²) >= 11 is 5.79. The molecule has 1 saturated heterocycles. The van der Waals surface area contributed by atoms with Gasteiger partial charge < -0.3 is 10.0 Å². The van der Waals surface area contributed by atoms with Crippen LogP contribution in [0.15, 0.2) is 24.3 Å². The lowest BCUT2D eigenvalue weighted by atomic mass is 9.90. The Morgan fingerprint density at radius 3 is 2.53 bits per heavy atom. The van der Waals surface area contributed by atoms with Gasteiger partial charge in [0.1, 0.15) is 6.04 Å². The maximum Gasteiger partial charge on any atom is 0.326 e. The second-order valence-electron chi connectivity index (χ2n) is 4.91. The highest BCUT2D eigenvalue weighted by atomic mass is 35.5. The molecule has 102 valence electrons. The first-order valence-corrected chi connectivity index (χ1v) is 6.68. The van der Waals surface area contributed by atoms with Crippen molar-refractivity contribution in [3.63, 3.8) is 0 Å². The van der Waals surface area contributed by atoms with Crippen molar-refractivity contribution in [2.75, 3.05) is 6.54 Å². The van der Waals surface area contributed by atoms with Crippen molar-refractivity contribution in [3.8, 4) is 0 Å². The summed E-state index contributed by atoms with van der Waals surface area (Å²) in [7, 11) is 0. The molecule has 19 heavy (non-hydrogen) atoms. The third-order valence-corrected chi connectivity index (χ3v) is 3.79. The van der Waals surface area contributed by atoms with Crippen molar-refractivity contribution in [1.29, 1.82) is 0 Å². The number of nitrogens with zero attached hydrogens (tertiary/aromatic N) is 1. The Morgan fingerprint density at radius 1 is 1.32 bits per heavy atom. The second-order valence-corrected chi connectivity index (χ2v) is 5.34. The van der Waals surface area contributed by atoms with E-state index in [-0.39, 0.29) is 11.8 Å². The van der Waals surface area contributed by atoms with Gasteiger partial charge in [-0.05, 0) is 43.0 Å². The van der Waals surface area contributed by atoms with E-state index in [0.29, 0.717) is 17.1 Å². The van der Waals surface area contributed by atoms with Crippen molar-refractivity contribution in [1.82, 2.24) is 4.90 Å². The van der Waals surface area contributed by atoms with E-state index in [1.54, 1.807) is 24.3 Å². The lowest BCUT2D eigenvalue weighted by molar-refractivity contribution is -0.145. The van der Waals surface area contributed by atoms with Gasteiger partial charge in [-0.15, -0.1) is 0 Å². The Kier molecular flexibility index (Phi) is 4.10. The van der Waals surface area contributed by atoms with Gasteiger partial charge >= 0.3 is 5.97 Å². The molecule has 1 amide bonds. The van der Waals surface area contributed by atoms with Gasteiger partial charge in [-0.3, -0.25) is 4.79 Å². The number of amides is 1. The summed E-state index contributed by atoms with van der Waals surface area (Å²) in [4.78, 5) is 25.2. The van der Waals surface area contributed by atoms with E-state index in [1.807, 2.05) is 6.92 Å². The van der Waals surface area contributed by atoms with Crippen LogP contribution in [-0.2, 0) is 4.79 Å². The number of carboxylic acids is 1. The molecule has 2 rings (SSSR count). The molecule has 2 unspecified atom stereocenters. The number of hydrogen-bond donors (Lipinski definition) is 1. The molecule has 4 nitrogen and oxygen atoms in total. The SMILES string of the molecule is CC1CCCN(C(=O)c2ccc(Cl)cc2)C1C(=O)O. The van der Waals surface area contributed by atoms with Crippen LogP contribution in [0, 0.1) is 5.92 Å². The lowest BCUT2D eigenvalue weighted by Gasteiger charge is -2.37. The zero-order chi connectivity index (χ0) is 14.0. The second kappa shape index (κ2) is 5.61. The molecule has 1 N–H and O–H groups in total. The van der Waals surface area contributed by atoms with E-state index < -0.39 is 12.0 Å². The van der Waals surface area contributed by atoms with Crippen LogP contribution in [0.25, 0.3) is 0 Å². The summed E-state index contributed by atoms with van der Waals surface area (Å²) < 4.78 is 0. The molecule has 1 heterocycles. The molecule has 1 aliphatic heterocycles. The summed E-state index contributed by atoms with van der Waals surface area (Å²) in [5.41, 5.74) is 0.477. The molecule has 1 aromatic rings. The highest BCUT2D eigenvalue weighted by molar-refractivity contribution is 6.30. The third kappa shape index (κ3) is 2.89. The fourth-order valence-electron chi connectivity index (χ4n) is 2.55. The molecule has 0 spiro atoms. The zero-order valence-corrected chi connectivity index (χ0v) is 11.4. The molecule has 1 aromatic carbocycles. The van der Waals surface area contributed by atoms with Crippen molar-refractivity contribution in [2.45, 2.75) is 25.8 Å². The quantitative estimate of drug-likeness (QED) is 0.907. The molecule has 0 bridgehead atoms. The van der Waals surface area contributed by atoms with Gasteiger partial charge in [-0.25, -0.2) is 4.79 Å². The highest BCUT2D eigenvalue weighted by Crippen LogP contribution is 2.25. The Balaban J connectivity index is 2.25. The van der Waals surface area contributed by atoms with Crippen LogP contribution < -0.4 is 0 Å². The van der Waals surface area contributed by atoms with Gasteiger partial charge in [0.05, 0.1) is 0 Å². The smallest absolute Gasteiger partial charge is 0.326 e. The summed E-state index contributed by atoms with van der Waals surface area (Å²) in [5.74, 6) is -1.20. The molecule has 5 heteroatoms. The molecule has 0 aromatic heterocycles. The summed E-state index contributed by atoms with van der Waals surface area (Å²) in [6, 6.07) is 5.79. The van der Waals surface area contributed by atoms with Gasteiger partial charge in [-0.1, -0.05) is 18.5 Å². The number of halogens is 1. The Labute approximate surface area is 117 Å². The number of benzene rings is 1. The Hall–Kier alpha value is -1.55. The van der Waals surface area contributed by atoms with E-state index in [4.69, 9.17) is 11.6 Å². The highest BCUT2D eigenvalue weighted by Gasteiger charge is 2.37. The number of rotatable bonds is 2. The fourth-order valence-corrected chi connectivity index (χ4v) is 2.68. The average Bonchev–Trinajstić information content (AvgIpc) is 2.38. The van der Waals surface area contributed by atoms with Gasteiger partial charge in [0.25, 0.3) is 5.91 Å². The van der Waals surface area contributed by atoms with E-state index in [2.05, 4.69) is 0 Å². The standard InChI is InChI=1S/C14H16ClNO3/c1-9-3-2-8-16(12(9)14(18)19)13(17)10-4-6-11(15)7-5-10/h4-7,9,12H,2-3,8H2,1H3,(H,18,19). The van der Waals surface area contributed by atoms with Crippen LogP contribution in [0.2, 0.25) is 5.02 Å². The topological polar surface area (TPSA) is 57.6 Å². The first-order chi connectivity index (χ1) is 9.00. The lowest BCUT2D eigenvalue weighted by Crippen LogP contribution is -2.51. The van der Waals surface area contributed by atoms with Crippen molar-refractivity contribution < 1.29 is 14.7 Å². The summed E-state index contributed by atoms with van der Waals surface area (Å²) in [5, 5.41) is 9.86. The summed E-state index contributed by atoms with van der Waals surface area (Å²) in [6.45, 7) is 2.36. The van der Waals surface area contributed by atoms with Gasteiger partial charge in [0, 0.05) is 17.1 Å². The van der Waals surface area contributed by atoms with Gasteiger partial charge in [0.15, 0.2) is 0 Å². The third-order valence-electron chi connectivity index (χ3n) is 3.54. The van der Waals surface area contributed by atoms with Crippen molar-refractivity contribution >= 4 is 23.5 Å². The number of aliphatic carboxylic acids is 1. The van der Waals surface area contributed by atoms with E-state index in [9.17, 15) is 14.7 Å². The van der Waals surface area contributed by atoms with Gasteiger partial charge in [0.2, 0.25) is 0 Å². The molecule has 1 aliphatic rings. The predicted octanol–water partition coefficient (Wildman–Crippen LogP) is 2.67. The first kappa shape index (κ1) is 13.9. The number of hydrogen-bond acceptors (Lipinski definition) is 2. The number of piperidine rings is 1. The molecule has 1 fully saturated rings. The van der Waals surface area contributed by atoms with Crippen LogP contribution in [0.1, 0.15) is 30.1 Å². The molecular formula is C14H16ClNO3. The van der Waals surface area contributed by atoms with E-state index >= 15 is 0 Å². The van der Waals surface area contributed by atoms with Crippen LogP contribution in [0.5, 0.6) is 0 Å². The van der Waals surface area contributed by atoms with Crippen molar-refractivity contribution in [3.05, 3.63) is 34.9 Å². The molecule has 0 radical (unpaired) electrons. The fraction of sp³-hybridized carbons (Fsp3) is 0.429. The monoisotopic (exact) mass is 281 g/mol. The molecule has 0 saturated carbocycles. The average molecular weight is 282 g/mol. The first-order valence-electron chi connectivity index (χ1n) is 6.30.